The normalized spacial score (nSPS) is 15.2. The number of nitrogens with one attached hydrogen (secondary N) is 1. The summed E-state index contributed by atoms with van der Waals surface area (Å²) in [6.45, 7) is 4.00. The van der Waals surface area contributed by atoms with Gasteiger partial charge in [0.15, 0.2) is 5.65 Å². The molecule has 0 amide bonds. The highest BCUT2D eigenvalue weighted by atomic mass is 32.1. The zero-order valence-corrected chi connectivity index (χ0v) is 23.7. The second-order valence-corrected chi connectivity index (χ2v) is 11.4. The zero-order chi connectivity index (χ0) is 28.9. The molecule has 5 aromatic rings. The lowest BCUT2D eigenvalue weighted by Gasteiger charge is -2.26. The van der Waals surface area contributed by atoms with Gasteiger partial charge in [-0.1, -0.05) is 24.6 Å². The molecule has 5 heterocycles. The van der Waals surface area contributed by atoms with Crippen LogP contribution in [0.15, 0.2) is 78.7 Å². The van der Waals surface area contributed by atoms with Gasteiger partial charge in [0.1, 0.15) is 18.4 Å². The van der Waals surface area contributed by atoms with Crippen molar-refractivity contribution >= 4 is 17.0 Å². The molecule has 0 radical (unpaired) electrons. The third kappa shape index (κ3) is 6.64. The Balaban J connectivity index is 1.10. The predicted octanol–water partition coefficient (Wildman–Crippen LogP) is 6.78. The van der Waals surface area contributed by atoms with Crippen LogP contribution in [-0.4, -0.2) is 56.9 Å². The molecule has 7 nitrogen and oxygen atoms in total. The van der Waals surface area contributed by atoms with Crippen LogP contribution < -0.4 is 10.1 Å². The zero-order valence-electron chi connectivity index (χ0n) is 22.9. The van der Waals surface area contributed by atoms with Crippen LogP contribution in [0.2, 0.25) is 0 Å². The number of rotatable bonds is 10. The maximum Gasteiger partial charge on any atom is 0.409 e. The molecule has 1 atom stereocenters. The first kappa shape index (κ1) is 28.3. The van der Waals surface area contributed by atoms with Crippen LogP contribution in [0.4, 0.5) is 13.2 Å². The summed E-state index contributed by atoms with van der Waals surface area (Å²) in [5.41, 5.74) is 4.22. The number of benzene rings is 1. The Bertz CT molecular complexity index is 1600. The number of hydrogen-bond donors (Lipinski definition) is 1. The largest absolute Gasteiger partial charge is 0.492 e. The second-order valence-electron chi connectivity index (χ2n) is 10.4. The first-order chi connectivity index (χ1) is 20.4. The van der Waals surface area contributed by atoms with E-state index in [0.717, 1.165) is 52.5 Å². The number of ether oxygens (including phenoxy) is 1. The van der Waals surface area contributed by atoms with Crippen LogP contribution in [-0.2, 0) is 6.54 Å². The van der Waals surface area contributed by atoms with Gasteiger partial charge in [-0.15, -0.1) is 11.3 Å². The standard InChI is InChI=1S/C31H31F3N6OS/c32-31(33,34)29(28-6-2-3-11-35-28)36-18-26-16-23(21-42-26)27-19-38-40-20-24(17-37-30(27)40)22-7-9-25(10-8-22)41-15-14-39-12-4-1-5-13-39/h2-3,6-11,16-17,19-21,29,36H,1,4-5,12-15,18H2. The molecule has 1 fully saturated rings. The molecule has 1 aliphatic heterocycles. The molecule has 0 saturated carbocycles. The smallest absolute Gasteiger partial charge is 0.409 e. The summed E-state index contributed by atoms with van der Waals surface area (Å²) in [7, 11) is 0. The van der Waals surface area contributed by atoms with E-state index in [1.807, 2.05) is 48.1 Å². The third-order valence-corrected chi connectivity index (χ3v) is 8.36. The number of piperidine rings is 1. The molecule has 1 saturated heterocycles. The van der Waals surface area contributed by atoms with Crippen LogP contribution in [0.3, 0.4) is 0 Å². The van der Waals surface area contributed by atoms with Crippen LogP contribution in [0.5, 0.6) is 5.75 Å². The van der Waals surface area contributed by atoms with Gasteiger partial charge >= 0.3 is 6.18 Å². The quantitative estimate of drug-likeness (QED) is 0.193. The van der Waals surface area contributed by atoms with E-state index < -0.39 is 12.2 Å². The molecule has 42 heavy (non-hydrogen) atoms. The van der Waals surface area contributed by atoms with E-state index in [2.05, 4.69) is 25.3 Å². The molecule has 1 aliphatic rings. The number of nitrogens with zero attached hydrogens (tertiary/aromatic N) is 5. The van der Waals surface area contributed by atoms with Crippen molar-refractivity contribution in [3.63, 3.8) is 0 Å². The van der Waals surface area contributed by atoms with Crippen molar-refractivity contribution in [2.45, 2.75) is 38.0 Å². The Kier molecular flexibility index (Phi) is 8.50. The first-order valence-corrected chi connectivity index (χ1v) is 14.9. The van der Waals surface area contributed by atoms with E-state index in [9.17, 15) is 13.2 Å². The fraction of sp³-hybridized carbons (Fsp3) is 0.323. The number of fused-ring (bicyclic) bond motifs is 1. The Morgan fingerprint density at radius 1 is 0.952 bits per heavy atom. The molecule has 1 N–H and O–H groups in total. The molecule has 218 valence electrons. The lowest BCUT2D eigenvalue weighted by Crippen LogP contribution is -2.34. The molecule has 0 aliphatic carbocycles. The number of aromatic nitrogens is 4. The van der Waals surface area contributed by atoms with E-state index in [1.54, 1.807) is 22.8 Å². The molecule has 4 aromatic heterocycles. The van der Waals surface area contributed by atoms with Crippen molar-refractivity contribution in [2.24, 2.45) is 0 Å². The molecule has 0 spiro atoms. The SMILES string of the molecule is FC(F)(F)C(NCc1cc(-c2cnn3cc(-c4ccc(OCCN5CCCCC5)cc4)cnc23)cs1)c1ccccn1. The van der Waals surface area contributed by atoms with Crippen molar-refractivity contribution in [3.05, 3.63) is 89.3 Å². The summed E-state index contributed by atoms with van der Waals surface area (Å²) < 4.78 is 48.7. The Hall–Kier alpha value is -3.80. The number of alkyl halides is 3. The summed E-state index contributed by atoms with van der Waals surface area (Å²) in [5.74, 6) is 0.843. The van der Waals surface area contributed by atoms with E-state index in [4.69, 9.17) is 4.74 Å². The fourth-order valence-corrected chi connectivity index (χ4v) is 6.03. The van der Waals surface area contributed by atoms with Gasteiger partial charge in [0.05, 0.1) is 11.9 Å². The minimum Gasteiger partial charge on any atom is -0.492 e. The van der Waals surface area contributed by atoms with Gasteiger partial charge in [-0.3, -0.25) is 15.2 Å². The lowest BCUT2D eigenvalue weighted by atomic mass is 10.1. The molecule has 6 rings (SSSR count). The number of thiophene rings is 1. The lowest BCUT2D eigenvalue weighted by molar-refractivity contribution is -0.159. The second kappa shape index (κ2) is 12.6. The average molecular weight is 593 g/mol. The van der Waals surface area contributed by atoms with E-state index in [0.29, 0.717) is 12.3 Å². The van der Waals surface area contributed by atoms with Crippen LogP contribution in [0.1, 0.15) is 35.9 Å². The minimum absolute atomic E-state index is 0.0557. The van der Waals surface area contributed by atoms with Gasteiger partial charge in [-0.25, -0.2) is 9.50 Å². The van der Waals surface area contributed by atoms with Gasteiger partial charge in [0.25, 0.3) is 0 Å². The summed E-state index contributed by atoms with van der Waals surface area (Å²) in [6.07, 6.45) is 6.25. The molecular weight excluding hydrogens is 561 g/mol. The maximum absolute atomic E-state index is 13.7. The van der Waals surface area contributed by atoms with E-state index in [-0.39, 0.29) is 12.2 Å². The van der Waals surface area contributed by atoms with Crippen molar-refractivity contribution in [3.8, 4) is 28.0 Å². The van der Waals surface area contributed by atoms with E-state index in [1.165, 1.54) is 42.9 Å². The highest BCUT2D eigenvalue weighted by Gasteiger charge is 2.41. The number of halogens is 3. The van der Waals surface area contributed by atoms with Crippen LogP contribution in [0.25, 0.3) is 27.9 Å². The summed E-state index contributed by atoms with van der Waals surface area (Å²) in [5, 5.41) is 9.03. The van der Waals surface area contributed by atoms with Gasteiger partial charge < -0.3 is 4.74 Å². The van der Waals surface area contributed by atoms with Crippen LogP contribution in [0, 0.1) is 0 Å². The van der Waals surface area contributed by atoms with Crippen LogP contribution >= 0.6 is 11.3 Å². The summed E-state index contributed by atoms with van der Waals surface area (Å²) in [4.78, 5) is 11.8. The molecule has 0 bridgehead atoms. The van der Waals surface area contributed by atoms with Crippen molar-refractivity contribution in [1.29, 1.82) is 0 Å². The summed E-state index contributed by atoms with van der Waals surface area (Å²) >= 11 is 1.39. The van der Waals surface area contributed by atoms with Gasteiger partial charge in [-0.2, -0.15) is 18.3 Å². The Morgan fingerprint density at radius 3 is 2.55 bits per heavy atom. The first-order valence-electron chi connectivity index (χ1n) is 14.0. The maximum atomic E-state index is 13.7. The molecule has 1 aromatic carbocycles. The molecular formula is C31H31F3N6OS. The Labute approximate surface area is 246 Å². The number of likely N-dealkylation sites (tertiary alicyclic amines) is 1. The predicted molar refractivity (Wildman–Crippen MR) is 157 cm³/mol. The highest BCUT2D eigenvalue weighted by molar-refractivity contribution is 7.10. The number of pyridine rings is 1. The topological polar surface area (TPSA) is 67.6 Å². The molecule has 11 heteroatoms. The average Bonchev–Trinajstić information content (AvgIpc) is 3.65. The third-order valence-electron chi connectivity index (χ3n) is 7.43. The summed E-state index contributed by atoms with van der Waals surface area (Å²) in [6, 6.07) is 12.5. The van der Waals surface area contributed by atoms with Gasteiger partial charge in [0.2, 0.25) is 0 Å². The van der Waals surface area contributed by atoms with Crippen molar-refractivity contribution < 1.29 is 17.9 Å². The van der Waals surface area contributed by atoms with Gasteiger partial charge in [-0.05, 0) is 72.8 Å². The number of hydrogen-bond acceptors (Lipinski definition) is 7. The minimum atomic E-state index is -4.46. The van der Waals surface area contributed by atoms with Gasteiger partial charge in [0, 0.05) is 47.7 Å². The monoisotopic (exact) mass is 592 g/mol. The highest BCUT2D eigenvalue weighted by Crippen LogP contribution is 2.33. The van der Waals surface area contributed by atoms with Crippen molar-refractivity contribution in [1.82, 2.24) is 29.8 Å². The fourth-order valence-electron chi connectivity index (χ4n) is 5.20. The van der Waals surface area contributed by atoms with E-state index >= 15 is 0 Å². The Morgan fingerprint density at radius 2 is 1.79 bits per heavy atom. The molecule has 1 unspecified atom stereocenters. The van der Waals surface area contributed by atoms with Crippen molar-refractivity contribution in [2.75, 3.05) is 26.2 Å².